The summed E-state index contributed by atoms with van der Waals surface area (Å²) in [6.07, 6.45) is -4.60. The quantitative estimate of drug-likeness (QED) is 0.868. The molecule has 1 rings (SSSR count). The van der Waals surface area contributed by atoms with Crippen molar-refractivity contribution in [2.75, 3.05) is 18.5 Å². The maximum atomic E-state index is 12.5. The molecular weight excluding hydrogens is 265 g/mol. The highest BCUT2D eigenvalue weighted by Crippen LogP contribution is 2.32. The fraction of sp³-hybridized carbons (Fsp3) is 0.273. The minimum absolute atomic E-state index is 0.0305. The molecule has 1 aromatic rings. The van der Waals surface area contributed by atoms with Crippen LogP contribution < -0.4 is 10.6 Å². The van der Waals surface area contributed by atoms with Crippen molar-refractivity contribution in [2.24, 2.45) is 5.73 Å². The minimum Gasteiger partial charge on any atom is -0.480 e. The van der Waals surface area contributed by atoms with E-state index in [9.17, 15) is 22.8 Å². The Bertz CT molecular complexity index is 514. The summed E-state index contributed by atoms with van der Waals surface area (Å²) >= 11 is 0. The number of carboxylic acids is 1. The van der Waals surface area contributed by atoms with Gasteiger partial charge >= 0.3 is 12.1 Å². The zero-order valence-corrected chi connectivity index (χ0v) is 9.86. The third kappa shape index (κ3) is 3.60. The van der Waals surface area contributed by atoms with Gasteiger partial charge in [-0.2, -0.15) is 13.2 Å². The number of nitrogens with zero attached hydrogens (tertiary/aromatic N) is 1. The lowest BCUT2D eigenvalue weighted by molar-refractivity contribution is -0.138. The normalized spacial score (nSPS) is 11.2. The molecule has 3 N–H and O–H groups in total. The number of benzene rings is 1. The van der Waals surface area contributed by atoms with Crippen LogP contribution >= 0.6 is 0 Å². The van der Waals surface area contributed by atoms with Crippen molar-refractivity contribution in [3.05, 3.63) is 29.3 Å². The smallest absolute Gasteiger partial charge is 0.416 e. The topological polar surface area (TPSA) is 83.6 Å². The Labute approximate surface area is 106 Å². The van der Waals surface area contributed by atoms with Crippen LogP contribution in [0.4, 0.5) is 18.9 Å². The van der Waals surface area contributed by atoms with Crippen molar-refractivity contribution in [3.63, 3.8) is 0 Å². The molecule has 8 heteroatoms. The van der Waals surface area contributed by atoms with E-state index in [4.69, 9.17) is 10.8 Å². The average molecular weight is 276 g/mol. The van der Waals surface area contributed by atoms with Crippen molar-refractivity contribution in [3.8, 4) is 0 Å². The summed E-state index contributed by atoms with van der Waals surface area (Å²) < 4.78 is 37.5. The Morgan fingerprint density at radius 1 is 1.37 bits per heavy atom. The molecule has 0 aromatic heterocycles. The maximum absolute atomic E-state index is 12.5. The van der Waals surface area contributed by atoms with E-state index in [1.807, 2.05) is 0 Å². The minimum atomic E-state index is -4.60. The molecule has 0 saturated heterocycles. The number of primary amides is 1. The first-order valence-electron chi connectivity index (χ1n) is 5.07. The molecule has 1 amide bonds. The van der Waals surface area contributed by atoms with Gasteiger partial charge in [-0.1, -0.05) is 0 Å². The summed E-state index contributed by atoms with van der Waals surface area (Å²) in [6, 6.07) is 2.39. The Morgan fingerprint density at radius 2 is 1.95 bits per heavy atom. The Kier molecular flexibility index (Phi) is 4.03. The first-order chi connectivity index (χ1) is 8.62. The maximum Gasteiger partial charge on any atom is 0.416 e. The number of carboxylic acid groups (broad SMARTS) is 1. The molecule has 1 aromatic carbocycles. The van der Waals surface area contributed by atoms with Crippen LogP contribution in [0.3, 0.4) is 0 Å². The van der Waals surface area contributed by atoms with Gasteiger partial charge in [-0.15, -0.1) is 0 Å². The van der Waals surface area contributed by atoms with Gasteiger partial charge in [-0.25, -0.2) is 0 Å². The van der Waals surface area contributed by atoms with E-state index in [-0.39, 0.29) is 11.3 Å². The molecule has 0 heterocycles. The summed E-state index contributed by atoms with van der Waals surface area (Å²) in [4.78, 5) is 22.9. The van der Waals surface area contributed by atoms with Gasteiger partial charge in [0.2, 0.25) is 0 Å². The van der Waals surface area contributed by atoms with Crippen molar-refractivity contribution in [1.29, 1.82) is 0 Å². The second kappa shape index (κ2) is 5.17. The number of aliphatic carboxylic acids is 1. The molecular formula is C11H11F3N2O3. The summed E-state index contributed by atoms with van der Waals surface area (Å²) in [5.41, 5.74) is 3.65. The van der Waals surface area contributed by atoms with Crippen LogP contribution in [-0.2, 0) is 11.0 Å². The summed E-state index contributed by atoms with van der Waals surface area (Å²) in [6.45, 7) is -0.467. The van der Waals surface area contributed by atoms with Crippen molar-refractivity contribution < 1.29 is 27.9 Å². The zero-order chi connectivity index (χ0) is 14.8. The van der Waals surface area contributed by atoms with Gasteiger partial charge in [0.1, 0.15) is 6.54 Å². The summed E-state index contributed by atoms with van der Waals surface area (Å²) in [5.74, 6) is -2.24. The molecule has 0 saturated carbocycles. The van der Waals surface area contributed by atoms with Gasteiger partial charge in [0.05, 0.1) is 11.1 Å². The molecule has 0 fully saturated rings. The number of nitrogens with two attached hydrogens (primary N) is 1. The van der Waals surface area contributed by atoms with Gasteiger partial charge < -0.3 is 15.7 Å². The third-order valence-electron chi connectivity index (χ3n) is 2.37. The monoisotopic (exact) mass is 276 g/mol. The summed E-state index contributed by atoms with van der Waals surface area (Å²) in [5, 5.41) is 8.62. The molecule has 104 valence electrons. The number of amides is 1. The second-order valence-corrected chi connectivity index (χ2v) is 3.84. The van der Waals surface area contributed by atoms with E-state index in [0.717, 1.165) is 17.0 Å². The highest BCUT2D eigenvalue weighted by Gasteiger charge is 2.32. The predicted octanol–water partition coefficient (Wildman–Crippen LogP) is 1.33. The molecule has 0 aliphatic carbocycles. The number of halogens is 3. The molecule has 0 radical (unpaired) electrons. The first kappa shape index (κ1) is 14.8. The molecule has 0 spiro atoms. The molecule has 0 aliphatic rings. The standard InChI is InChI=1S/C11H11F3N2O3/c1-16(5-9(17)18)8-3-2-6(11(12,13)14)4-7(8)10(15)19/h2-4H,5H2,1H3,(H2,15,19)(H,17,18). The van der Waals surface area contributed by atoms with Gasteiger partial charge in [0, 0.05) is 12.7 Å². The molecule has 0 unspecified atom stereocenters. The molecule has 19 heavy (non-hydrogen) atoms. The van der Waals surface area contributed by atoms with Crippen molar-refractivity contribution in [2.45, 2.75) is 6.18 Å². The molecule has 0 bridgehead atoms. The Morgan fingerprint density at radius 3 is 2.37 bits per heavy atom. The van der Waals surface area contributed by atoms with Crippen LogP contribution in [0.1, 0.15) is 15.9 Å². The van der Waals surface area contributed by atoms with E-state index < -0.39 is 30.2 Å². The highest BCUT2D eigenvalue weighted by atomic mass is 19.4. The van der Waals surface area contributed by atoms with Gasteiger partial charge in [-0.3, -0.25) is 9.59 Å². The number of carbonyl (C=O) groups excluding carboxylic acids is 1. The van der Waals surface area contributed by atoms with Crippen molar-refractivity contribution >= 4 is 17.6 Å². The molecule has 5 nitrogen and oxygen atoms in total. The van der Waals surface area contributed by atoms with Crippen LogP contribution in [-0.4, -0.2) is 30.6 Å². The van der Waals surface area contributed by atoms with Crippen LogP contribution in [0.5, 0.6) is 0 Å². The van der Waals surface area contributed by atoms with E-state index in [1.165, 1.54) is 7.05 Å². The van der Waals surface area contributed by atoms with E-state index in [0.29, 0.717) is 6.07 Å². The highest BCUT2D eigenvalue weighted by molar-refractivity contribution is 5.99. The summed E-state index contributed by atoms with van der Waals surface area (Å²) in [7, 11) is 1.34. The largest absolute Gasteiger partial charge is 0.480 e. The van der Waals surface area contributed by atoms with Crippen LogP contribution in [0.15, 0.2) is 18.2 Å². The number of rotatable bonds is 4. The van der Waals surface area contributed by atoms with Crippen LogP contribution in [0.25, 0.3) is 0 Å². The fourth-order valence-corrected chi connectivity index (χ4v) is 1.53. The lowest BCUT2D eigenvalue weighted by Gasteiger charge is -2.20. The number of carbonyl (C=O) groups is 2. The molecule has 0 atom stereocenters. The SMILES string of the molecule is CN(CC(=O)O)c1ccc(C(F)(F)F)cc1C(N)=O. The Hall–Kier alpha value is -2.25. The van der Waals surface area contributed by atoms with Crippen LogP contribution in [0, 0.1) is 0 Å². The third-order valence-corrected chi connectivity index (χ3v) is 2.37. The lowest BCUT2D eigenvalue weighted by atomic mass is 10.1. The number of likely N-dealkylation sites (N-methyl/N-ethyl adjacent to an activating group) is 1. The predicted molar refractivity (Wildman–Crippen MR) is 60.9 cm³/mol. The van der Waals surface area contributed by atoms with Gasteiger partial charge in [0.25, 0.3) is 5.91 Å². The number of anilines is 1. The number of hydrogen-bond donors (Lipinski definition) is 2. The number of alkyl halides is 3. The van der Waals surface area contributed by atoms with E-state index in [1.54, 1.807) is 0 Å². The zero-order valence-electron chi connectivity index (χ0n) is 9.86. The first-order valence-corrected chi connectivity index (χ1v) is 5.07. The average Bonchev–Trinajstić information content (AvgIpc) is 2.25. The Balaban J connectivity index is 3.26. The van der Waals surface area contributed by atoms with Crippen molar-refractivity contribution in [1.82, 2.24) is 0 Å². The van der Waals surface area contributed by atoms with Crippen LogP contribution in [0.2, 0.25) is 0 Å². The van der Waals surface area contributed by atoms with Gasteiger partial charge in [0.15, 0.2) is 0 Å². The van der Waals surface area contributed by atoms with E-state index >= 15 is 0 Å². The second-order valence-electron chi connectivity index (χ2n) is 3.84. The lowest BCUT2D eigenvalue weighted by Crippen LogP contribution is -2.28. The molecule has 0 aliphatic heterocycles. The fourth-order valence-electron chi connectivity index (χ4n) is 1.53. The van der Waals surface area contributed by atoms with Gasteiger partial charge in [-0.05, 0) is 18.2 Å². The number of hydrogen-bond acceptors (Lipinski definition) is 3. The van der Waals surface area contributed by atoms with E-state index in [2.05, 4.69) is 0 Å².